The van der Waals surface area contributed by atoms with Crippen LogP contribution in [0.15, 0.2) is 48.6 Å². The smallest absolute Gasteiger partial charge is 0.0614 e. The minimum atomic E-state index is -0.202. The lowest BCUT2D eigenvalue weighted by atomic mass is 9.82. The average molecular weight is 526 g/mol. The van der Waals surface area contributed by atoms with Gasteiger partial charge in [-0.15, -0.1) is 6.58 Å². The molecule has 0 saturated heterocycles. The van der Waals surface area contributed by atoms with Crippen LogP contribution in [0.1, 0.15) is 136 Å². The van der Waals surface area contributed by atoms with E-state index in [2.05, 4.69) is 89.4 Å². The summed E-state index contributed by atoms with van der Waals surface area (Å²) < 4.78 is 0. The second-order valence-electron chi connectivity index (χ2n) is 11.9. The van der Waals surface area contributed by atoms with Gasteiger partial charge in [0.1, 0.15) is 0 Å². The Labute approximate surface area is 238 Å². The van der Waals surface area contributed by atoms with Gasteiger partial charge in [-0.2, -0.15) is 0 Å². The number of aliphatic hydroxyl groups excluding tert-OH is 1. The van der Waals surface area contributed by atoms with Crippen molar-refractivity contribution in [3.05, 3.63) is 59.7 Å². The molecule has 0 bridgehead atoms. The number of aryl methyl sites for hydroxylation is 1. The molecule has 1 saturated carbocycles. The highest BCUT2D eigenvalue weighted by atomic mass is 16.3. The van der Waals surface area contributed by atoms with Crippen LogP contribution in [0.2, 0.25) is 0 Å². The van der Waals surface area contributed by atoms with E-state index < -0.39 is 0 Å². The van der Waals surface area contributed by atoms with Crippen LogP contribution in [-0.4, -0.2) is 35.7 Å². The lowest BCUT2D eigenvalue weighted by Gasteiger charge is -2.24. The van der Waals surface area contributed by atoms with Crippen molar-refractivity contribution in [2.75, 3.05) is 19.6 Å². The first-order valence-corrected chi connectivity index (χ1v) is 16.2. The van der Waals surface area contributed by atoms with Crippen LogP contribution in [-0.2, 0) is 6.42 Å². The van der Waals surface area contributed by atoms with E-state index in [1.54, 1.807) is 0 Å². The second-order valence-corrected chi connectivity index (χ2v) is 11.9. The fraction of sp³-hybridized carbons (Fsp3) is 0.722. The molecule has 2 heteroatoms. The Morgan fingerprint density at radius 2 is 1.53 bits per heavy atom. The van der Waals surface area contributed by atoms with Crippen molar-refractivity contribution in [2.24, 2.45) is 11.8 Å². The van der Waals surface area contributed by atoms with Gasteiger partial charge in [-0.25, -0.2) is 0 Å². The third kappa shape index (κ3) is 14.1. The number of unbranched alkanes of at least 4 members (excludes halogenated alkanes) is 4. The fourth-order valence-electron chi connectivity index (χ4n) is 6.03. The van der Waals surface area contributed by atoms with Crippen molar-refractivity contribution in [1.29, 1.82) is 0 Å². The van der Waals surface area contributed by atoms with Crippen LogP contribution < -0.4 is 0 Å². The first-order valence-electron chi connectivity index (χ1n) is 16.2. The third-order valence-electron chi connectivity index (χ3n) is 8.07. The number of hydrogen-bond donors (Lipinski definition) is 1. The summed E-state index contributed by atoms with van der Waals surface area (Å²) in [6.07, 6.45) is 20.2. The van der Waals surface area contributed by atoms with Crippen LogP contribution in [0.3, 0.4) is 0 Å². The van der Waals surface area contributed by atoms with E-state index in [9.17, 15) is 5.11 Å². The van der Waals surface area contributed by atoms with Gasteiger partial charge in [-0.3, -0.25) is 0 Å². The van der Waals surface area contributed by atoms with Gasteiger partial charge in [0.15, 0.2) is 0 Å². The van der Waals surface area contributed by atoms with Gasteiger partial charge in [0.05, 0.1) is 6.10 Å². The Bertz CT molecular complexity index is 722. The van der Waals surface area contributed by atoms with Crippen molar-refractivity contribution < 1.29 is 5.11 Å². The van der Waals surface area contributed by atoms with E-state index in [-0.39, 0.29) is 12.0 Å². The van der Waals surface area contributed by atoms with Crippen molar-refractivity contribution in [3.8, 4) is 0 Å². The zero-order chi connectivity index (χ0) is 28.2. The topological polar surface area (TPSA) is 23.5 Å². The summed E-state index contributed by atoms with van der Waals surface area (Å²) in [7, 11) is 0. The Morgan fingerprint density at radius 3 is 2.08 bits per heavy atom. The largest absolute Gasteiger partial charge is 0.392 e. The average Bonchev–Trinajstić information content (AvgIpc) is 3.17. The van der Waals surface area contributed by atoms with Crippen LogP contribution in [0.4, 0.5) is 0 Å². The molecule has 0 radical (unpaired) electrons. The maximum Gasteiger partial charge on any atom is 0.0614 e. The summed E-state index contributed by atoms with van der Waals surface area (Å²) in [6, 6.07) is 9.15. The molecule has 1 aromatic rings. The predicted molar refractivity (Wildman–Crippen MR) is 170 cm³/mol. The highest BCUT2D eigenvalue weighted by Crippen LogP contribution is 2.45. The molecule has 38 heavy (non-hydrogen) atoms. The molecule has 4 unspecified atom stereocenters. The standard InChI is InChI=1S/C27H42O.C9H21N/c1-5-6-7-11-14-23-16-18-24(19-17-23)27-25(22(4)20-26(27)28)15-12-9-8-10-13-21(2)3;1-4-7-10(8-5-2)9-6-3/h9,12,16-19,22,25-28H,2,5-8,10-11,13-15,20H2,1,3-4H3;4-9H2,1-3H3/b12-9-;. The molecule has 0 aliphatic heterocycles. The first-order chi connectivity index (χ1) is 18.4. The van der Waals surface area contributed by atoms with Gasteiger partial charge in [0.2, 0.25) is 0 Å². The van der Waals surface area contributed by atoms with Crippen LogP contribution in [0.5, 0.6) is 0 Å². The zero-order valence-electron chi connectivity index (χ0n) is 26.2. The van der Waals surface area contributed by atoms with Gasteiger partial charge in [0.25, 0.3) is 0 Å². The molecule has 2 rings (SSSR count). The molecule has 0 spiro atoms. The number of aliphatic hydroxyl groups is 1. The Balaban J connectivity index is 0.000000612. The van der Waals surface area contributed by atoms with Gasteiger partial charge in [0, 0.05) is 5.92 Å². The minimum Gasteiger partial charge on any atom is -0.392 e. The van der Waals surface area contributed by atoms with Crippen LogP contribution in [0.25, 0.3) is 0 Å². The van der Waals surface area contributed by atoms with E-state index in [4.69, 9.17) is 0 Å². The summed E-state index contributed by atoms with van der Waals surface area (Å²) in [5.74, 6) is 1.40. The Morgan fingerprint density at radius 1 is 0.895 bits per heavy atom. The van der Waals surface area contributed by atoms with E-state index >= 15 is 0 Å². The molecule has 4 atom stereocenters. The maximum atomic E-state index is 10.7. The SMILES string of the molecule is C=C(C)CCC/C=C\CC1C(C)CC(O)C1c1ccc(CCCCCC)cc1.CCCN(CCC)CCC. The molecule has 2 nitrogen and oxygen atoms in total. The lowest BCUT2D eigenvalue weighted by Crippen LogP contribution is -2.25. The molecule has 1 aliphatic carbocycles. The van der Waals surface area contributed by atoms with Gasteiger partial charge < -0.3 is 10.0 Å². The second kappa shape index (κ2) is 21.4. The van der Waals surface area contributed by atoms with Gasteiger partial charge >= 0.3 is 0 Å². The number of nitrogens with zero attached hydrogens (tertiary/aromatic N) is 1. The van der Waals surface area contributed by atoms with Crippen molar-refractivity contribution in [1.82, 2.24) is 4.90 Å². The molecule has 0 aromatic heterocycles. The normalized spacial score (nSPS) is 21.2. The number of rotatable bonds is 18. The van der Waals surface area contributed by atoms with Crippen LogP contribution in [0, 0.1) is 11.8 Å². The molecular weight excluding hydrogens is 462 g/mol. The summed E-state index contributed by atoms with van der Waals surface area (Å²) in [5, 5.41) is 10.7. The number of allylic oxidation sites excluding steroid dienone is 3. The number of benzene rings is 1. The minimum absolute atomic E-state index is 0.202. The summed E-state index contributed by atoms with van der Waals surface area (Å²) in [6.45, 7) is 21.2. The highest BCUT2D eigenvalue weighted by molar-refractivity contribution is 5.28. The van der Waals surface area contributed by atoms with Crippen molar-refractivity contribution in [2.45, 2.75) is 137 Å². The molecule has 1 aromatic carbocycles. The van der Waals surface area contributed by atoms with Gasteiger partial charge in [-0.1, -0.05) is 95.9 Å². The summed E-state index contributed by atoms with van der Waals surface area (Å²) >= 11 is 0. The quantitative estimate of drug-likeness (QED) is 0.152. The van der Waals surface area contributed by atoms with Crippen molar-refractivity contribution >= 4 is 0 Å². The zero-order valence-corrected chi connectivity index (χ0v) is 26.2. The monoisotopic (exact) mass is 525 g/mol. The maximum absolute atomic E-state index is 10.7. The van der Waals surface area contributed by atoms with Gasteiger partial charge in [-0.05, 0) is 114 Å². The lowest BCUT2D eigenvalue weighted by molar-refractivity contribution is 0.154. The van der Waals surface area contributed by atoms with Crippen molar-refractivity contribution in [3.63, 3.8) is 0 Å². The van der Waals surface area contributed by atoms with E-state index in [0.29, 0.717) is 11.8 Å². The molecular formula is C36H63NO. The molecule has 1 aliphatic rings. The number of hydrogen-bond acceptors (Lipinski definition) is 2. The fourth-order valence-corrected chi connectivity index (χ4v) is 6.03. The predicted octanol–water partition coefficient (Wildman–Crippen LogP) is 10.1. The van der Waals surface area contributed by atoms with Crippen LogP contribution >= 0.6 is 0 Å². The third-order valence-corrected chi connectivity index (χ3v) is 8.07. The summed E-state index contributed by atoms with van der Waals surface area (Å²) in [5.41, 5.74) is 4.04. The molecule has 1 fully saturated rings. The first kappa shape index (κ1) is 34.6. The van der Waals surface area contributed by atoms with E-state index in [1.165, 1.54) is 94.1 Å². The molecule has 0 heterocycles. The highest BCUT2D eigenvalue weighted by Gasteiger charge is 2.40. The van der Waals surface area contributed by atoms with E-state index in [1.807, 2.05) is 0 Å². The Hall–Kier alpha value is -1.38. The van der Waals surface area contributed by atoms with E-state index in [0.717, 1.165) is 25.7 Å². The molecule has 0 amide bonds. The molecule has 218 valence electrons. The summed E-state index contributed by atoms with van der Waals surface area (Å²) in [4.78, 5) is 2.54. The Kier molecular flexibility index (Phi) is 19.6. The molecule has 1 N–H and O–H groups in total.